The molecule has 3 rings (SSSR count). The van der Waals surface area contributed by atoms with E-state index >= 15 is 0 Å². The van der Waals surface area contributed by atoms with Crippen molar-refractivity contribution >= 4 is 11.9 Å². The summed E-state index contributed by atoms with van der Waals surface area (Å²) < 4.78 is 0. The molecule has 6 heteroatoms. The molecule has 3 aliphatic rings. The van der Waals surface area contributed by atoms with Gasteiger partial charge in [-0.25, -0.2) is 0 Å². The van der Waals surface area contributed by atoms with E-state index in [1.54, 1.807) is 0 Å². The molecule has 0 aromatic rings. The van der Waals surface area contributed by atoms with Gasteiger partial charge in [-0.2, -0.15) is 0 Å². The summed E-state index contributed by atoms with van der Waals surface area (Å²) in [5.41, 5.74) is 6.23. The van der Waals surface area contributed by atoms with Crippen LogP contribution in [0, 0.1) is 11.3 Å². The molecular weight excluding hydrogens is 408 g/mol. The molecule has 0 amide bonds. The zero-order valence-corrected chi connectivity index (χ0v) is 21.6. The van der Waals surface area contributed by atoms with Crippen molar-refractivity contribution in [3.05, 3.63) is 0 Å². The number of aliphatic imine (C=N–C) groups is 1. The Morgan fingerprint density at radius 1 is 0.818 bits per heavy atom. The Morgan fingerprint density at radius 2 is 1.45 bits per heavy atom. The van der Waals surface area contributed by atoms with Crippen molar-refractivity contribution in [3.63, 3.8) is 0 Å². The zero-order valence-electron chi connectivity index (χ0n) is 21.6. The lowest BCUT2D eigenvalue weighted by molar-refractivity contribution is 0.289. The van der Waals surface area contributed by atoms with Crippen molar-refractivity contribution < 1.29 is 0 Å². The summed E-state index contributed by atoms with van der Waals surface area (Å²) in [7, 11) is 0. The van der Waals surface area contributed by atoms with E-state index in [1.165, 1.54) is 103 Å². The normalized spacial score (nSPS) is 22.0. The van der Waals surface area contributed by atoms with Crippen LogP contribution >= 0.6 is 0 Å². The monoisotopic (exact) mass is 460 g/mol. The van der Waals surface area contributed by atoms with Crippen molar-refractivity contribution in [1.29, 1.82) is 5.41 Å². The lowest BCUT2D eigenvalue weighted by atomic mass is 9.86. The van der Waals surface area contributed by atoms with E-state index in [1.807, 2.05) is 0 Å². The van der Waals surface area contributed by atoms with Gasteiger partial charge >= 0.3 is 0 Å². The average Bonchev–Trinajstić information content (AvgIpc) is 3.36. The van der Waals surface area contributed by atoms with Crippen LogP contribution in [0.3, 0.4) is 0 Å². The summed E-state index contributed by atoms with van der Waals surface area (Å²) in [6.45, 7) is 8.37. The molecule has 1 aliphatic carbocycles. The Balaban J connectivity index is 1.25. The van der Waals surface area contributed by atoms with Crippen molar-refractivity contribution in [2.24, 2.45) is 16.6 Å². The second-order valence-electron chi connectivity index (χ2n) is 10.8. The van der Waals surface area contributed by atoms with Crippen molar-refractivity contribution in [1.82, 2.24) is 14.7 Å². The Kier molecular flexibility index (Phi) is 11.7. The molecule has 33 heavy (non-hydrogen) atoms. The van der Waals surface area contributed by atoms with Crippen molar-refractivity contribution in [2.75, 3.05) is 39.3 Å². The molecule has 1 saturated carbocycles. The van der Waals surface area contributed by atoms with Gasteiger partial charge in [0, 0.05) is 32.7 Å². The summed E-state index contributed by atoms with van der Waals surface area (Å²) in [4.78, 5) is 11.5. The van der Waals surface area contributed by atoms with Gasteiger partial charge in [0.1, 0.15) is 0 Å². The van der Waals surface area contributed by atoms with Crippen molar-refractivity contribution in [2.45, 2.75) is 116 Å². The first kappa shape index (κ1) is 26.2. The van der Waals surface area contributed by atoms with Crippen LogP contribution in [-0.4, -0.2) is 71.9 Å². The second-order valence-corrected chi connectivity index (χ2v) is 10.8. The fourth-order valence-corrected chi connectivity index (χ4v) is 5.99. The number of rotatable bonds is 16. The minimum Gasteiger partial charge on any atom is -0.370 e. The Morgan fingerprint density at radius 3 is 2.18 bits per heavy atom. The number of hydrogen-bond acceptors (Lipinski definition) is 4. The van der Waals surface area contributed by atoms with E-state index in [4.69, 9.17) is 11.1 Å². The van der Waals surface area contributed by atoms with Crippen LogP contribution in [0.5, 0.6) is 0 Å². The topological polar surface area (TPSA) is 72.0 Å². The van der Waals surface area contributed by atoms with E-state index in [0.717, 1.165) is 57.1 Å². The van der Waals surface area contributed by atoms with Gasteiger partial charge in [0.15, 0.2) is 11.9 Å². The molecule has 0 spiro atoms. The van der Waals surface area contributed by atoms with Crippen LogP contribution in [0.25, 0.3) is 0 Å². The number of nitrogens with one attached hydrogen (secondary N) is 1. The molecule has 2 aliphatic heterocycles. The summed E-state index contributed by atoms with van der Waals surface area (Å²) in [5.74, 6) is 2.52. The number of nitrogens with zero attached hydrogens (tertiary/aromatic N) is 4. The summed E-state index contributed by atoms with van der Waals surface area (Å²) in [6, 6.07) is 0.498. The molecule has 6 nitrogen and oxygen atoms in total. The smallest absolute Gasteiger partial charge is 0.193 e. The minimum atomic E-state index is 0.498. The standard InChI is InChI=1S/C27H52N6/c1-2-3-4-5-11-18-31-21-22-32(27(31)29)19-12-10-17-25-23-30-26(28)33(25)20-13-9-16-24-14-7-6-8-15-24/h24-25,29H,2-23H2,1H3,(H2,28,30)/t25-/m0/s1. The Bertz CT molecular complexity index is 585. The quantitative estimate of drug-likeness (QED) is 0.301. The molecule has 0 radical (unpaired) electrons. The average molecular weight is 461 g/mol. The number of hydrogen-bond donors (Lipinski definition) is 2. The van der Waals surface area contributed by atoms with Crippen LogP contribution < -0.4 is 5.73 Å². The summed E-state index contributed by atoms with van der Waals surface area (Å²) >= 11 is 0. The van der Waals surface area contributed by atoms with E-state index < -0.39 is 0 Å². The molecule has 1 atom stereocenters. The SMILES string of the molecule is CCCCCCCN1CCN(CCCC[C@H]2CN=C(N)N2CCCCC2CCCCC2)C1=N. The van der Waals surface area contributed by atoms with Gasteiger partial charge in [-0.3, -0.25) is 10.4 Å². The van der Waals surface area contributed by atoms with Gasteiger partial charge in [0.25, 0.3) is 0 Å². The molecule has 0 aromatic carbocycles. The third-order valence-electron chi connectivity index (χ3n) is 8.17. The van der Waals surface area contributed by atoms with Crippen LogP contribution in [0.2, 0.25) is 0 Å². The molecular formula is C27H52N6. The molecule has 2 fully saturated rings. The molecule has 1 saturated heterocycles. The van der Waals surface area contributed by atoms with Crippen LogP contribution in [0.15, 0.2) is 4.99 Å². The summed E-state index contributed by atoms with van der Waals surface area (Å²) in [6.07, 6.45) is 21.3. The van der Waals surface area contributed by atoms with Gasteiger partial charge in [-0.05, 0) is 38.0 Å². The largest absolute Gasteiger partial charge is 0.370 e. The fourth-order valence-electron chi connectivity index (χ4n) is 5.99. The molecule has 0 bridgehead atoms. The lowest BCUT2D eigenvalue weighted by Gasteiger charge is -2.27. The third kappa shape index (κ3) is 8.68. The van der Waals surface area contributed by atoms with E-state index in [-0.39, 0.29) is 0 Å². The number of nitrogens with two attached hydrogens (primary N) is 1. The molecule has 2 heterocycles. The van der Waals surface area contributed by atoms with Crippen LogP contribution in [-0.2, 0) is 0 Å². The minimum absolute atomic E-state index is 0.498. The highest BCUT2D eigenvalue weighted by Gasteiger charge is 2.26. The Labute approximate surface area is 203 Å². The molecule has 190 valence electrons. The zero-order chi connectivity index (χ0) is 23.3. The predicted molar refractivity (Wildman–Crippen MR) is 141 cm³/mol. The first-order valence-corrected chi connectivity index (χ1v) is 14.3. The van der Waals surface area contributed by atoms with E-state index in [9.17, 15) is 0 Å². The van der Waals surface area contributed by atoms with Crippen molar-refractivity contribution in [3.8, 4) is 0 Å². The number of guanidine groups is 2. The summed E-state index contributed by atoms with van der Waals surface area (Å²) in [5, 5.41) is 8.52. The van der Waals surface area contributed by atoms with Crippen LogP contribution in [0.4, 0.5) is 0 Å². The maximum absolute atomic E-state index is 8.52. The molecule has 0 unspecified atom stereocenters. The second kappa shape index (κ2) is 14.7. The van der Waals surface area contributed by atoms with Gasteiger partial charge in [-0.15, -0.1) is 0 Å². The fraction of sp³-hybridized carbons (Fsp3) is 0.926. The highest BCUT2D eigenvalue weighted by atomic mass is 15.4. The lowest BCUT2D eigenvalue weighted by Crippen LogP contribution is -2.41. The van der Waals surface area contributed by atoms with E-state index in [0.29, 0.717) is 6.04 Å². The molecule has 0 aromatic heterocycles. The maximum Gasteiger partial charge on any atom is 0.193 e. The molecule has 3 N–H and O–H groups in total. The predicted octanol–water partition coefficient (Wildman–Crippen LogP) is 5.43. The van der Waals surface area contributed by atoms with Crippen LogP contribution in [0.1, 0.15) is 110 Å². The third-order valence-corrected chi connectivity index (χ3v) is 8.17. The van der Waals surface area contributed by atoms with Gasteiger partial charge in [-0.1, -0.05) is 77.6 Å². The highest BCUT2D eigenvalue weighted by Crippen LogP contribution is 2.28. The Hall–Kier alpha value is -1.46. The van der Waals surface area contributed by atoms with E-state index in [2.05, 4.69) is 26.6 Å². The highest BCUT2D eigenvalue weighted by molar-refractivity contribution is 5.80. The van der Waals surface area contributed by atoms with Gasteiger partial charge in [0.2, 0.25) is 0 Å². The number of unbranched alkanes of at least 4 members (excludes halogenated alkanes) is 6. The first-order valence-electron chi connectivity index (χ1n) is 14.3. The van der Waals surface area contributed by atoms with Gasteiger partial charge in [0.05, 0.1) is 12.6 Å². The van der Waals surface area contributed by atoms with Gasteiger partial charge < -0.3 is 20.4 Å². The maximum atomic E-state index is 8.52. The first-order chi connectivity index (χ1) is 16.2.